The largest absolute Gasteiger partial charge is 0.481 e. The van der Waals surface area contributed by atoms with Crippen molar-refractivity contribution >= 4 is 5.97 Å². The zero-order chi connectivity index (χ0) is 11.5. The number of hydrogen-bond donors (Lipinski definition) is 1. The highest BCUT2D eigenvalue weighted by molar-refractivity contribution is 5.75. The lowest BCUT2D eigenvalue weighted by Crippen LogP contribution is -2.31. The maximum absolute atomic E-state index is 11.2. The third kappa shape index (κ3) is 2.38. The molecule has 0 heterocycles. The summed E-state index contributed by atoms with van der Waals surface area (Å²) in [6.07, 6.45) is 0.837. The minimum atomic E-state index is -0.738. The van der Waals surface area contributed by atoms with Crippen molar-refractivity contribution in [2.24, 2.45) is 5.41 Å². The highest BCUT2D eigenvalue weighted by Gasteiger charge is 2.36. The van der Waals surface area contributed by atoms with Gasteiger partial charge in [-0.15, -0.1) is 0 Å². The first-order valence-electron chi connectivity index (χ1n) is 5.28. The predicted molar refractivity (Wildman–Crippen MR) is 60.9 cm³/mol. The van der Waals surface area contributed by atoms with Crippen LogP contribution >= 0.6 is 0 Å². The molecular weight excluding hydrogens is 188 g/mol. The molecule has 0 saturated carbocycles. The summed E-state index contributed by atoms with van der Waals surface area (Å²) in [5, 5.41) is 9.20. The van der Waals surface area contributed by atoms with Crippen LogP contribution < -0.4 is 0 Å². The summed E-state index contributed by atoms with van der Waals surface area (Å²) < 4.78 is 0. The maximum Gasteiger partial charge on any atom is 0.309 e. The molecule has 2 heteroatoms. The Labute approximate surface area is 90.9 Å². The molecule has 1 aromatic rings. The van der Waals surface area contributed by atoms with Gasteiger partial charge in [0.25, 0.3) is 0 Å². The standard InChI is InChI=1S/C13H18O2/c1-4-11(13(2,3)12(14)15)10-8-6-5-7-9-10/h5-9,11H,4H2,1-3H3,(H,14,15)/t11-/m0/s1. The maximum atomic E-state index is 11.2. The van der Waals surface area contributed by atoms with Gasteiger partial charge < -0.3 is 5.11 Å². The summed E-state index contributed by atoms with van der Waals surface area (Å²) in [5.41, 5.74) is 0.392. The van der Waals surface area contributed by atoms with Gasteiger partial charge in [0.1, 0.15) is 0 Å². The number of benzene rings is 1. The molecule has 2 nitrogen and oxygen atoms in total. The van der Waals surface area contributed by atoms with Crippen molar-refractivity contribution in [2.45, 2.75) is 33.1 Å². The van der Waals surface area contributed by atoms with Crippen LogP contribution in [0.5, 0.6) is 0 Å². The van der Waals surface area contributed by atoms with E-state index in [1.54, 1.807) is 13.8 Å². The third-order valence-electron chi connectivity index (χ3n) is 3.03. The molecule has 82 valence electrons. The van der Waals surface area contributed by atoms with Crippen molar-refractivity contribution in [3.63, 3.8) is 0 Å². The smallest absolute Gasteiger partial charge is 0.309 e. The minimum absolute atomic E-state index is 0.0659. The van der Waals surface area contributed by atoms with E-state index in [0.29, 0.717) is 0 Å². The summed E-state index contributed by atoms with van der Waals surface area (Å²) in [6.45, 7) is 5.61. The van der Waals surface area contributed by atoms with Crippen molar-refractivity contribution in [1.29, 1.82) is 0 Å². The topological polar surface area (TPSA) is 37.3 Å². The Morgan fingerprint density at radius 3 is 2.27 bits per heavy atom. The SMILES string of the molecule is CC[C@@H](c1ccccc1)C(C)(C)C(=O)O. The van der Waals surface area contributed by atoms with E-state index in [1.807, 2.05) is 37.3 Å². The van der Waals surface area contributed by atoms with Crippen LogP contribution in [0.15, 0.2) is 30.3 Å². The van der Waals surface area contributed by atoms with Crippen LogP contribution in [0.2, 0.25) is 0 Å². The van der Waals surface area contributed by atoms with E-state index < -0.39 is 11.4 Å². The fourth-order valence-corrected chi connectivity index (χ4v) is 2.00. The monoisotopic (exact) mass is 206 g/mol. The van der Waals surface area contributed by atoms with Crippen LogP contribution in [0, 0.1) is 5.41 Å². The number of carboxylic acids is 1. The Bertz CT molecular complexity index is 328. The number of hydrogen-bond acceptors (Lipinski definition) is 1. The Morgan fingerprint density at radius 2 is 1.87 bits per heavy atom. The van der Waals surface area contributed by atoms with Gasteiger partial charge in [-0.1, -0.05) is 37.3 Å². The Balaban J connectivity index is 3.05. The normalized spacial score (nSPS) is 13.5. The molecule has 0 fully saturated rings. The van der Waals surface area contributed by atoms with E-state index in [9.17, 15) is 9.90 Å². The van der Waals surface area contributed by atoms with Gasteiger partial charge in [0.05, 0.1) is 5.41 Å². The van der Waals surface area contributed by atoms with E-state index in [4.69, 9.17) is 0 Å². The fourth-order valence-electron chi connectivity index (χ4n) is 2.00. The molecule has 0 radical (unpaired) electrons. The molecule has 1 rings (SSSR count). The van der Waals surface area contributed by atoms with Gasteiger partial charge in [-0.25, -0.2) is 0 Å². The number of rotatable bonds is 4. The van der Waals surface area contributed by atoms with E-state index in [2.05, 4.69) is 0 Å². The second-order valence-corrected chi connectivity index (χ2v) is 4.40. The highest BCUT2D eigenvalue weighted by atomic mass is 16.4. The first-order chi connectivity index (χ1) is 7.00. The molecule has 0 spiro atoms. The van der Waals surface area contributed by atoms with Crippen molar-refractivity contribution in [3.8, 4) is 0 Å². The van der Waals surface area contributed by atoms with Crippen LogP contribution in [0.1, 0.15) is 38.7 Å². The van der Waals surface area contributed by atoms with Gasteiger partial charge in [0, 0.05) is 0 Å². The van der Waals surface area contributed by atoms with Crippen molar-refractivity contribution in [2.75, 3.05) is 0 Å². The molecule has 0 saturated heterocycles. The first kappa shape index (κ1) is 11.8. The van der Waals surface area contributed by atoms with Gasteiger partial charge in [0.15, 0.2) is 0 Å². The zero-order valence-electron chi connectivity index (χ0n) is 9.53. The predicted octanol–water partition coefficient (Wildman–Crippen LogP) is 3.29. The second-order valence-electron chi connectivity index (χ2n) is 4.40. The molecule has 0 aliphatic carbocycles. The number of carboxylic acid groups (broad SMARTS) is 1. The van der Waals surface area contributed by atoms with Gasteiger partial charge in [0.2, 0.25) is 0 Å². The second kappa shape index (κ2) is 4.47. The third-order valence-corrected chi connectivity index (χ3v) is 3.03. The molecule has 0 aliphatic heterocycles. The summed E-state index contributed by atoms with van der Waals surface area (Å²) in [5.74, 6) is -0.672. The van der Waals surface area contributed by atoms with Gasteiger partial charge >= 0.3 is 5.97 Å². The van der Waals surface area contributed by atoms with Gasteiger partial charge in [-0.3, -0.25) is 4.79 Å². The highest BCUT2D eigenvalue weighted by Crippen LogP contribution is 2.38. The van der Waals surface area contributed by atoms with Crippen LogP contribution in [-0.4, -0.2) is 11.1 Å². The zero-order valence-corrected chi connectivity index (χ0v) is 9.53. The van der Waals surface area contributed by atoms with Gasteiger partial charge in [-0.05, 0) is 31.7 Å². The molecule has 0 aromatic heterocycles. The summed E-state index contributed by atoms with van der Waals surface area (Å²) in [4.78, 5) is 11.2. The number of aliphatic carboxylic acids is 1. The van der Waals surface area contributed by atoms with E-state index in [-0.39, 0.29) is 5.92 Å². The Morgan fingerprint density at radius 1 is 1.33 bits per heavy atom. The average Bonchev–Trinajstić information content (AvgIpc) is 2.19. The van der Waals surface area contributed by atoms with E-state index >= 15 is 0 Å². The van der Waals surface area contributed by atoms with Crippen LogP contribution in [0.4, 0.5) is 0 Å². The first-order valence-corrected chi connectivity index (χ1v) is 5.28. The van der Waals surface area contributed by atoms with Crippen molar-refractivity contribution in [3.05, 3.63) is 35.9 Å². The molecule has 0 aliphatic rings. The lowest BCUT2D eigenvalue weighted by atomic mass is 9.73. The average molecular weight is 206 g/mol. The van der Waals surface area contributed by atoms with E-state index in [0.717, 1.165) is 12.0 Å². The summed E-state index contributed by atoms with van der Waals surface area (Å²) >= 11 is 0. The fraction of sp³-hybridized carbons (Fsp3) is 0.462. The number of carbonyl (C=O) groups is 1. The molecule has 1 aromatic carbocycles. The van der Waals surface area contributed by atoms with Gasteiger partial charge in [-0.2, -0.15) is 0 Å². The van der Waals surface area contributed by atoms with Crippen LogP contribution in [0.25, 0.3) is 0 Å². The molecule has 0 amide bonds. The molecule has 15 heavy (non-hydrogen) atoms. The molecule has 0 unspecified atom stereocenters. The summed E-state index contributed by atoms with van der Waals surface area (Å²) in [6, 6.07) is 9.85. The lowest BCUT2D eigenvalue weighted by Gasteiger charge is -2.29. The molecule has 1 N–H and O–H groups in total. The summed E-state index contributed by atoms with van der Waals surface area (Å²) in [7, 11) is 0. The Kier molecular flexibility index (Phi) is 3.51. The molecular formula is C13H18O2. The van der Waals surface area contributed by atoms with Crippen LogP contribution in [-0.2, 0) is 4.79 Å². The molecule has 0 bridgehead atoms. The quantitative estimate of drug-likeness (QED) is 0.820. The van der Waals surface area contributed by atoms with E-state index in [1.165, 1.54) is 0 Å². The minimum Gasteiger partial charge on any atom is -0.481 e. The van der Waals surface area contributed by atoms with Crippen molar-refractivity contribution < 1.29 is 9.90 Å². The van der Waals surface area contributed by atoms with Crippen LogP contribution in [0.3, 0.4) is 0 Å². The van der Waals surface area contributed by atoms with Crippen molar-refractivity contribution in [1.82, 2.24) is 0 Å². The Hall–Kier alpha value is -1.31. The molecule has 1 atom stereocenters. The lowest BCUT2D eigenvalue weighted by molar-refractivity contribution is -0.148.